The minimum absolute atomic E-state index is 0.145. The van der Waals surface area contributed by atoms with Crippen molar-refractivity contribution in [1.29, 1.82) is 0 Å². The van der Waals surface area contributed by atoms with Crippen molar-refractivity contribution in [2.45, 2.75) is 6.42 Å². The second-order valence-electron chi connectivity index (χ2n) is 2.60. The molecule has 0 saturated carbocycles. The molecule has 2 rings (SSSR count). The third kappa shape index (κ3) is 1.07. The zero-order valence-corrected chi connectivity index (χ0v) is 6.20. The number of nitrogens with one attached hydrogen (secondary N) is 1. The van der Waals surface area contributed by atoms with Gasteiger partial charge in [0.15, 0.2) is 5.75 Å². The number of benzene rings is 1. The van der Waals surface area contributed by atoms with Crippen molar-refractivity contribution in [1.82, 2.24) is 5.48 Å². The first-order valence-corrected chi connectivity index (χ1v) is 3.53. The lowest BCUT2D eigenvalue weighted by Gasteiger charge is -2.16. The standard InChI is InChI=1S/C8H7NO3/c10-6-1-2-7-5(3-6)4-8(11)9-12-7/h1-3,10H,4H2,(H,9,11). The highest BCUT2D eigenvalue weighted by molar-refractivity contribution is 5.80. The molecule has 1 amide bonds. The van der Waals surface area contributed by atoms with E-state index in [-0.39, 0.29) is 18.1 Å². The number of carbonyl (C=O) groups excluding carboxylic acids is 1. The van der Waals surface area contributed by atoms with Gasteiger partial charge in [0.25, 0.3) is 5.91 Å². The molecule has 0 unspecified atom stereocenters. The van der Waals surface area contributed by atoms with Crippen LogP contribution in [0.3, 0.4) is 0 Å². The summed E-state index contributed by atoms with van der Waals surface area (Å²) in [6, 6.07) is 4.65. The van der Waals surface area contributed by atoms with Gasteiger partial charge < -0.3 is 9.94 Å². The molecule has 1 aromatic rings. The van der Waals surface area contributed by atoms with E-state index in [0.29, 0.717) is 11.3 Å². The number of phenolic OH excluding ortho intramolecular Hbond substituents is 1. The van der Waals surface area contributed by atoms with Crippen molar-refractivity contribution < 1.29 is 14.7 Å². The Morgan fingerprint density at radius 2 is 2.33 bits per heavy atom. The van der Waals surface area contributed by atoms with Crippen molar-refractivity contribution in [3.8, 4) is 11.5 Å². The van der Waals surface area contributed by atoms with Gasteiger partial charge in [0.1, 0.15) is 5.75 Å². The fraction of sp³-hybridized carbons (Fsp3) is 0.125. The van der Waals surface area contributed by atoms with Crippen LogP contribution >= 0.6 is 0 Å². The van der Waals surface area contributed by atoms with Crippen LogP contribution in [-0.2, 0) is 11.2 Å². The quantitative estimate of drug-likeness (QED) is 0.583. The predicted molar refractivity (Wildman–Crippen MR) is 40.6 cm³/mol. The van der Waals surface area contributed by atoms with Crippen molar-refractivity contribution in [2.24, 2.45) is 0 Å². The lowest BCUT2D eigenvalue weighted by molar-refractivity contribution is -0.128. The maximum atomic E-state index is 10.8. The van der Waals surface area contributed by atoms with Crippen LogP contribution in [0.15, 0.2) is 18.2 Å². The number of hydroxylamine groups is 1. The van der Waals surface area contributed by atoms with Crippen LogP contribution in [0, 0.1) is 0 Å². The topological polar surface area (TPSA) is 58.6 Å². The number of hydrogen-bond donors (Lipinski definition) is 2. The third-order valence-corrected chi connectivity index (χ3v) is 1.67. The number of carbonyl (C=O) groups is 1. The summed E-state index contributed by atoms with van der Waals surface area (Å²) in [7, 11) is 0. The van der Waals surface area contributed by atoms with Crippen LogP contribution in [0.2, 0.25) is 0 Å². The van der Waals surface area contributed by atoms with E-state index in [4.69, 9.17) is 9.94 Å². The average molecular weight is 165 g/mol. The Bertz CT molecular complexity index is 335. The molecule has 2 N–H and O–H groups in total. The molecule has 1 heterocycles. The van der Waals surface area contributed by atoms with Crippen LogP contribution in [0.25, 0.3) is 0 Å². The number of fused-ring (bicyclic) bond motifs is 1. The maximum absolute atomic E-state index is 10.8. The Hall–Kier alpha value is -1.71. The highest BCUT2D eigenvalue weighted by Crippen LogP contribution is 2.25. The number of rotatable bonds is 0. The molecular weight excluding hydrogens is 158 g/mol. The van der Waals surface area contributed by atoms with E-state index in [1.54, 1.807) is 6.07 Å². The summed E-state index contributed by atoms with van der Waals surface area (Å²) in [5.41, 5.74) is 2.94. The molecule has 0 bridgehead atoms. The molecule has 4 heteroatoms. The van der Waals surface area contributed by atoms with Crippen LogP contribution in [-0.4, -0.2) is 11.0 Å². The first-order valence-electron chi connectivity index (χ1n) is 3.53. The van der Waals surface area contributed by atoms with Gasteiger partial charge in [0.05, 0.1) is 6.42 Å². The van der Waals surface area contributed by atoms with Crippen molar-refractivity contribution >= 4 is 5.91 Å². The summed E-state index contributed by atoms with van der Waals surface area (Å²) in [6.07, 6.45) is 0.254. The Balaban J connectivity index is 2.44. The van der Waals surface area contributed by atoms with E-state index < -0.39 is 0 Å². The molecule has 62 valence electrons. The first-order chi connectivity index (χ1) is 5.75. The van der Waals surface area contributed by atoms with Crippen LogP contribution in [0.4, 0.5) is 0 Å². The zero-order valence-electron chi connectivity index (χ0n) is 6.20. The van der Waals surface area contributed by atoms with Gasteiger partial charge in [-0.25, -0.2) is 0 Å². The first kappa shape index (κ1) is 6.97. The monoisotopic (exact) mass is 165 g/mol. The van der Waals surface area contributed by atoms with Gasteiger partial charge in [-0.3, -0.25) is 4.79 Å². The highest BCUT2D eigenvalue weighted by Gasteiger charge is 2.16. The van der Waals surface area contributed by atoms with Gasteiger partial charge in [0, 0.05) is 5.56 Å². The molecule has 1 aromatic carbocycles. The van der Waals surface area contributed by atoms with Crippen molar-refractivity contribution in [3.63, 3.8) is 0 Å². The number of amides is 1. The van der Waals surface area contributed by atoms with Gasteiger partial charge >= 0.3 is 0 Å². The molecule has 0 spiro atoms. The summed E-state index contributed by atoms with van der Waals surface area (Å²) in [5, 5.41) is 9.09. The Morgan fingerprint density at radius 3 is 3.17 bits per heavy atom. The molecule has 0 saturated heterocycles. The molecule has 1 aliphatic heterocycles. The van der Waals surface area contributed by atoms with Gasteiger partial charge in [0.2, 0.25) is 0 Å². The summed E-state index contributed by atoms with van der Waals surface area (Å²) in [6.45, 7) is 0. The van der Waals surface area contributed by atoms with Crippen molar-refractivity contribution in [3.05, 3.63) is 23.8 Å². The molecular formula is C8H7NO3. The second kappa shape index (κ2) is 2.41. The molecule has 0 aromatic heterocycles. The number of phenols is 1. The molecule has 0 atom stereocenters. The van der Waals surface area contributed by atoms with Crippen LogP contribution in [0.1, 0.15) is 5.56 Å². The second-order valence-corrected chi connectivity index (χ2v) is 2.60. The van der Waals surface area contributed by atoms with Crippen LogP contribution < -0.4 is 10.3 Å². The average Bonchev–Trinajstić information content (AvgIpc) is 2.03. The summed E-state index contributed by atoms with van der Waals surface area (Å²) < 4.78 is 0. The van der Waals surface area contributed by atoms with E-state index in [1.807, 2.05) is 0 Å². The lowest BCUT2D eigenvalue weighted by atomic mass is 10.1. The van der Waals surface area contributed by atoms with E-state index in [1.165, 1.54) is 12.1 Å². The predicted octanol–water partition coefficient (Wildman–Crippen LogP) is 0.358. The van der Waals surface area contributed by atoms with E-state index in [2.05, 4.69) is 5.48 Å². The fourth-order valence-electron chi connectivity index (χ4n) is 1.12. The summed E-state index contributed by atoms with van der Waals surface area (Å²) >= 11 is 0. The summed E-state index contributed by atoms with van der Waals surface area (Å²) in [4.78, 5) is 15.7. The maximum Gasteiger partial charge on any atom is 0.257 e. The van der Waals surface area contributed by atoms with E-state index in [0.717, 1.165) is 0 Å². The van der Waals surface area contributed by atoms with E-state index >= 15 is 0 Å². The van der Waals surface area contributed by atoms with Gasteiger partial charge in [-0.1, -0.05) is 0 Å². The number of hydrogen-bond acceptors (Lipinski definition) is 3. The Kier molecular flexibility index (Phi) is 1.40. The molecule has 1 aliphatic rings. The SMILES string of the molecule is O=C1Cc2cc(O)ccc2ON1. The smallest absolute Gasteiger partial charge is 0.257 e. The van der Waals surface area contributed by atoms with Gasteiger partial charge in [-0.2, -0.15) is 5.48 Å². The third-order valence-electron chi connectivity index (χ3n) is 1.67. The Morgan fingerprint density at radius 1 is 1.50 bits per heavy atom. The molecule has 0 aliphatic carbocycles. The Labute approximate surface area is 68.7 Å². The molecule has 4 nitrogen and oxygen atoms in total. The van der Waals surface area contributed by atoms with E-state index in [9.17, 15) is 4.79 Å². The molecule has 0 radical (unpaired) electrons. The summed E-state index contributed by atoms with van der Waals surface area (Å²) in [5.74, 6) is 0.535. The lowest BCUT2D eigenvalue weighted by Crippen LogP contribution is -2.32. The normalized spacial score (nSPS) is 14.5. The van der Waals surface area contributed by atoms with Gasteiger partial charge in [-0.05, 0) is 18.2 Å². The minimum atomic E-state index is -0.201. The molecule has 0 fully saturated rings. The minimum Gasteiger partial charge on any atom is -0.508 e. The highest BCUT2D eigenvalue weighted by atomic mass is 16.7. The number of aromatic hydroxyl groups is 1. The van der Waals surface area contributed by atoms with Gasteiger partial charge in [-0.15, -0.1) is 0 Å². The fourth-order valence-corrected chi connectivity index (χ4v) is 1.12. The largest absolute Gasteiger partial charge is 0.508 e. The molecule has 12 heavy (non-hydrogen) atoms. The zero-order chi connectivity index (χ0) is 8.55. The van der Waals surface area contributed by atoms with Crippen LogP contribution in [0.5, 0.6) is 11.5 Å². The van der Waals surface area contributed by atoms with Crippen molar-refractivity contribution in [2.75, 3.05) is 0 Å².